The molecule has 0 aliphatic heterocycles. The van der Waals surface area contributed by atoms with Gasteiger partial charge in [0.2, 0.25) is 0 Å². The Kier molecular flexibility index (Phi) is 29.6. The summed E-state index contributed by atoms with van der Waals surface area (Å²) in [6.45, 7) is 46.6. The van der Waals surface area contributed by atoms with E-state index >= 15 is 0 Å². The maximum absolute atomic E-state index is 4.56. The molecule has 2 unspecified atom stereocenters. The largest absolute Gasteiger partial charge is 0.261 e. The Morgan fingerprint density at radius 3 is 1.27 bits per heavy atom. The molecule has 2 atom stereocenters. The highest BCUT2D eigenvalue weighted by atomic mass is 14.7. The van der Waals surface area contributed by atoms with Gasteiger partial charge >= 0.3 is 0 Å². The van der Waals surface area contributed by atoms with E-state index in [2.05, 4.69) is 271 Å². The molecule has 0 saturated heterocycles. The number of pyridine rings is 3. The fraction of sp³-hybridized carbons (Fsp3) is 0.361. The molecule has 3 heteroatoms. The third-order valence-electron chi connectivity index (χ3n) is 17.3. The highest BCUT2D eigenvalue weighted by Crippen LogP contribution is 2.40. The molecule has 454 valence electrons. The molecule has 0 saturated carbocycles. The van der Waals surface area contributed by atoms with E-state index in [1.54, 1.807) is 0 Å². The zero-order valence-electron chi connectivity index (χ0n) is 57.3. The minimum absolute atomic E-state index is 0.694. The van der Waals surface area contributed by atoms with Crippen molar-refractivity contribution in [1.82, 2.24) is 15.0 Å². The van der Waals surface area contributed by atoms with Crippen LogP contribution in [0.4, 0.5) is 0 Å². The first-order chi connectivity index (χ1) is 41.3. The molecule has 86 heavy (non-hydrogen) atoms. The van der Waals surface area contributed by atoms with Crippen LogP contribution in [0.1, 0.15) is 197 Å². The number of nitrogens with zero attached hydrogens (tertiary/aromatic N) is 3. The first-order valence-electron chi connectivity index (χ1n) is 32.1. The van der Waals surface area contributed by atoms with Gasteiger partial charge in [-0.05, 0) is 200 Å². The predicted octanol–water partition coefficient (Wildman–Crippen LogP) is 24.0. The number of aryl methyl sites for hydroxylation is 3. The van der Waals surface area contributed by atoms with Crippen LogP contribution in [0.25, 0.3) is 33.5 Å². The standard InChI is InChI=1S/3C14H13N.5C7H10.3C2H6/c1-9-10(2)15-8-12-7-11-5-3-4-6-13(11)14(9)12;1-9-8-15-13-7-11-5-3-4-6-12(11)14(13)10(9)2;1-9-8-15-14-12-6-4-3-5-11(12)7-13(14)10(9)2;5*1-6-4-3-5-7(6)2;3*1-2/h3*3-6,8H,7H2,1-2H3;4-5H,3H2,1-2H3;2*3-4H,5H2,1-2H3;2*3-6H,1-2H3;3*1-2H3. The average molecular weight is 1150 g/mol. The molecule has 0 N–H and O–H groups in total. The Morgan fingerprint density at radius 2 is 0.860 bits per heavy atom. The summed E-state index contributed by atoms with van der Waals surface area (Å²) in [5, 5.41) is 0. The van der Waals surface area contributed by atoms with Crippen LogP contribution in [0.15, 0.2) is 209 Å². The maximum atomic E-state index is 4.56. The second kappa shape index (κ2) is 35.8. The van der Waals surface area contributed by atoms with Gasteiger partial charge in [-0.25, -0.2) is 0 Å². The van der Waals surface area contributed by atoms with Gasteiger partial charge in [-0.2, -0.15) is 0 Å². The van der Waals surface area contributed by atoms with Crippen LogP contribution < -0.4 is 0 Å². The van der Waals surface area contributed by atoms with E-state index in [4.69, 9.17) is 0 Å². The Balaban J connectivity index is 0.000000213. The Bertz CT molecular complexity index is 3370. The molecule has 3 heterocycles. The quantitative estimate of drug-likeness (QED) is 0.152. The van der Waals surface area contributed by atoms with Gasteiger partial charge < -0.3 is 0 Å². The van der Waals surface area contributed by atoms with Crippen LogP contribution in [0, 0.1) is 53.4 Å². The van der Waals surface area contributed by atoms with Crippen molar-refractivity contribution in [1.29, 1.82) is 0 Å². The van der Waals surface area contributed by atoms with Crippen LogP contribution >= 0.6 is 0 Å². The van der Waals surface area contributed by atoms with Crippen LogP contribution in [0.3, 0.4) is 0 Å². The number of benzene rings is 3. The molecule has 0 spiro atoms. The summed E-state index contributed by atoms with van der Waals surface area (Å²) in [5.74, 6) is 1.39. The summed E-state index contributed by atoms with van der Waals surface area (Å²) in [5.41, 5.74) is 35.9. The van der Waals surface area contributed by atoms with Crippen molar-refractivity contribution in [3.63, 3.8) is 0 Å². The van der Waals surface area contributed by atoms with Crippen molar-refractivity contribution in [2.75, 3.05) is 0 Å². The third kappa shape index (κ3) is 19.3. The Morgan fingerprint density at radius 1 is 0.419 bits per heavy atom. The zero-order chi connectivity index (χ0) is 63.6. The number of fused-ring (bicyclic) bond motifs is 9. The minimum Gasteiger partial charge on any atom is -0.261 e. The monoisotopic (exact) mass is 1150 g/mol. The molecular weight excluding hydrogens is 1040 g/mol. The van der Waals surface area contributed by atoms with E-state index in [1.165, 1.54) is 152 Å². The van der Waals surface area contributed by atoms with Gasteiger partial charge in [-0.15, -0.1) is 0 Å². The van der Waals surface area contributed by atoms with Crippen LogP contribution in [0.5, 0.6) is 0 Å². The lowest BCUT2D eigenvalue weighted by Crippen LogP contribution is -1.92. The molecule has 0 fully saturated rings. The Labute approximate surface area is 524 Å². The summed E-state index contributed by atoms with van der Waals surface area (Å²) in [6.07, 6.45) is 38.8. The van der Waals surface area contributed by atoms with Gasteiger partial charge in [0.25, 0.3) is 0 Å². The van der Waals surface area contributed by atoms with Crippen molar-refractivity contribution in [2.45, 2.75) is 191 Å². The number of hydrogen-bond acceptors (Lipinski definition) is 3. The van der Waals surface area contributed by atoms with E-state index in [0.717, 1.165) is 31.4 Å². The number of hydrogen-bond donors (Lipinski definition) is 0. The van der Waals surface area contributed by atoms with Gasteiger partial charge in [0, 0.05) is 54.7 Å². The number of aromatic nitrogens is 3. The van der Waals surface area contributed by atoms with Crippen molar-refractivity contribution >= 4 is 0 Å². The van der Waals surface area contributed by atoms with E-state index in [1.807, 2.05) is 60.1 Å². The summed E-state index contributed by atoms with van der Waals surface area (Å²) in [4.78, 5) is 13.5. The van der Waals surface area contributed by atoms with Crippen molar-refractivity contribution < 1.29 is 0 Å². The topological polar surface area (TPSA) is 38.7 Å². The molecule has 3 nitrogen and oxygen atoms in total. The van der Waals surface area contributed by atoms with Crippen LogP contribution in [-0.2, 0) is 19.3 Å². The molecule has 0 bridgehead atoms. The molecule has 0 radical (unpaired) electrons. The lowest BCUT2D eigenvalue weighted by molar-refractivity contribution is 0.882. The van der Waals surface area contributed by atoms with Crippen LogP contribution in [0.2, 0.25) is 0 Å². The molecule has 0 amide bonds. The lowest BCUT2D eigenvalue weighted by atomic mass is 10.0. The highest BCUT2D eigenvalue weighted by Gasteiger charge is 2.23. The first kappa shape index (κ1) is 71.0. The van der Waals surface area contributed by atoms with Gasteiger partial charge in [-0.1, -0.05) is 246 Å². The second-order valence-electron chi connectivity index (χ2n) is 23.0. The third-order valence-corrected chi connectivity index (χ3v) is 17.3. The summed E-state index contributed by atoms with van der Waals surface area (Å²) in [6, 6.07) is 25.8. The summed E-state index contributed by atoms with van der Waals surface area (Å²) < 4.78 is 0. The molecule has 8 aliphatic rings. The molecule has 6 aromatic rings. The van der Waals surface area contributed by atoms with Gasteiger partial charge in [0.05, 0.1) is 11.4 Å². The normalized spacial score (nSPS) is 16.0. The second-order valence-corrected chi connectivity index (χ2v) is 23.0. The van der Waals surface area contributed by atoms with Crippen molar-refractivity contribution in [3.05, 3.63) is 276 Å². The number of rotatable bonds is 0. The van der Waals surface area contributed by atoms with Gasteiger partial charge in [0.15, 0.2) is 0 Å². The molecular formula is C83H107N3. The number of allylic oxidation sites excluding steroid dienone is 20. The average Bonchev–Trinajstić information content (AvgIpc) is 1.95. The predicted molar refractivity (Wildman–Crippen MR) is 380 cm³/mol. The summed E-state index contributed by atoms with van der Waals surface area (Å²) >= 11 is 0. The van der Waals surface area contributed by atoms with E-state index < -0.39 is 0 Å². The zero-order valence-corrected chi connectivity index (χ0v) is 57.3. The first-order valence-corrected chi connectivity index (χ1v) is 32.1. The molecule has 3 aromatic heterocycles. The van der Waals surface area contributed by atoms with E-state index in [9.17, 15) is 0 Å². The fourth-order valence-electron chi connectivity index (χ4n) is 10.5. The maximum Gasteiger partial charge on any atom is 0.0743 e. The van der Waals surface area contributed by atoms with Crippen molar-refractivity contribution in [3.8, 4) is 33.5 Å². The highest BCUT2D eigenvalue weighted by molar-refractivity contribution is 5.80. The van der Waals surface area contributed by atoms with Gasteiger partial charge in [0.1, 0.15) is 0 Å². The molecule has 8 aliphatic carbocycles. The molecule has 3 aromatic carbocycles. The van der Waals surface area contributed by atoms with Gasteiger partial charge in [-0.3, -0.25) is 15.0 Å². The van der Waals surface area contributed by atoms with E-state index in [0.29, 0.717) is 11.8 Å². The van der Waals surface area contributed by atoms with E-state index in [-0.39, 0.29) is 0 Å². The fourth-order valence-corrected chi connectivity index (χ4v) is 10.5. The minimum atomic E-state index is 0.694. The smallest absolute Gasteiger partial charge is 0.0743 e. The van der Waals surface area contributed by atoms with Crippen LogP contribution in [-0.4, -0.2) is 15.0 Å². The summed E-state index contributed by atoms with van der Waals surface area (Å²) in [7, 11) is 0. The van der Waals surface area contributed by atoms with Crippen molar-refractivity contribution in [2.24, 2.45) is 11.8 Å². The molecule has 14 rings (SSSR count). The lowest BCUT2D eigenvalue weighted by Gasteiger charge is -2.07. The Hall–Kier alpha value is -7.49. The SMILES string of the molecule is CC.CC.CC.CC1=C(C)CC=C1.CC1=C(C)CC=C1.CC1=CC=CC1C.CC1=CC=CC1C.CC1=CCC=C1C.Cc1cnc2c(c1C)-c1ccccc1C2.Cc1cnc2c(c1C)Cc1ccccc1-2.Cc1ncc2c(c1C)-c1ccccc1C2.